The predicted octanol–water partition coefficient (Wildman–Crippen LogP) is -0.247. The van der Waals surface area contributed by atoms with E-state index in [-0.39, 0.29) is 12.1 Å². The van der Waals surface area contributed by atoms with Crippen molar-refractivity contribution in [2.24, 2.45) is 0 Å². The molecule has 0 aromatic heterocycles. The van der Waals surface area contributed by atoms with Gasteiger partial charge < -0.3 is 20.1 Å². The van der Waals surface area contributed by atoms with E-state index < -0.39 is 0 Å². The molecule has 2 N–H and O–H groups in total. The summed E-state index contributed by atoms with van der Waals surface area (Å²) in [6.07, 6.45) is 2.27. The lowest BCUT2D eigenvalue weighted by molar-refractivity contribution is 0.0183. The summed E-state index contributed by atoms with van der Waals surface area (Å²) in [5, 5.41) is 12.6. The van der Waals surface area contributed by atoms with Crippen molar-refractivity contribution in [2.75, 3.05) is 59.6 Å². The Morgan fingerprint density at radius 3 is 2.68 bits per heavy atom. The van der Waals surface area contributed by atoms with E-state index in [0.717, 1.165) is 39.3 Å². The monoisotopic (exact) mass is 271 g/mol. The Kier molecular flexibility index (Phi) is 5.59. The number of aliphatic hydroxyl groups is 1. The molecule has 0 aromatic carbocycles. The van der Waals surface area contributed by atoms with Crippen LogP contribution < -0.4 is 5.32 Å². The molecule has 0 aromatic rings. The molecular weight excluding hydrogens is 242 g/mol. The van der Waals surface area contributed by atoms with E-state index in [0.29, 0.717) is 6.04 Å². The molecule has 2 aliphatic heterocycles. The van der Waals surface area contributed by atoms with E-state index in [9.17, 15) is 5.11 Å². The molecule has 0 radical (unpaired) electrons. The Bertz CT molecular complexity index is 265. The maximum Gasteiger partial charge on any atom is 0.0610 e. The van der Waals surface area contributed by atoms with E-state index in [1.165, 1.54) is 19.5 Å². The summed E-state index contributed by atoms with van der Waals surface area (Å²) in [5.74, 6) is 0. The smallest absolute Gasteiger partial charge is 0.0610 e. The zero-order chi connectivity index (χ0) is 13.7. The van der Waals surface area contributed by atoms with Gasteiger partial charge in [-0.05, 0) is 33.4 Å². The summed E-state index contributed by atoms with van der Waals surface area (Å²) in [6.45, 7) is 9.66. The van der Waals surface area contributed by atoms with Crippen molar-refractivity contribution in [1.82, 2.24) is 15.1 Å². The Morgan fingerprint density at radius 1 is 1.32 bits per heavy atom. The fourth-order valence-electron chi connectivity index (χ4n) is 2.94. The molecule has 19 heavy (non-hydrogen) atoms. The van der Waals surface area contributed by atoms with Crippen LogP contribution in [0.3, 0.4) is 0 Å². The van der Waals surface area contributed by atoms with Crippen LogP contribution in [-0.4, -0.2) is 86.1 Å². The fourth-order valence-corrected chi connectivity index (χ4v) is 2.94. The van der Waals surface area contributed by atoms with E-state index in [1.807, 2.05) is 7.05 Å². The van der Waals surface area contributed by atoms with Crippen molar-refractivity contribution in [1.29, 1.82) is 0 Å². The number of rotatable bonds is 6. The predicted molar refractivity (Wildman–Crippen MR) is 76.4 cm³/mol. The van der Waals surface area contributed by atoms with Gasteiger partial charge >= 0.3 is 0 Å². The van der Waals surface area contributed by atoms with Crippen LogP contribution >= 0.6 is 0 Å². The SMILES string of the molecule is CNC(C)(CO)CCN1CCC(N2CCOCC2)C1. The highest BCUT2D eigenvalue weighted by atomic mass is 16.5. The molecule has 112 valence electrons. The van der Waals surface area contributed by atoms with Crippen LogP contribution in [-0.2, 0) is 4.74 Å². The summed E-state index contributed by atoms with van der Waals surface area (Å²) in [5.41, 5.74) is -0.142. The molecular formula is C14H29N3O2. The van der Waals surface area contributed by atoms with Crippen LogP contribution in [0.25, 0.3) is 0 Å². The quantitative estimate of drug-likeness (QED) is 0.698. The third-order valence-electron chi connectivity index (χ3n) is 4.74. The molecule has 0 bridgehead atoms. The second-order valence-electron chi connectivity index (χ2n) is 6.11. The Labute approximate surface area is 116 Å². The molecule has 2 atom stereocenters. The Morgan fingerprint density at radius 2 is 2.05 bits per heavy atom. The van der Waals surface area contributed by atoms with Gasteiger partial charge in [-0.3, -0.25) is 4.90 Å². The number of nitrogens with zero attached hydrogens (tertiary/aromatic N) is 2. The first-order valence-electron chi connectivity index (χ1n) is 7.51. The number of hydrogen-bond acceptors (Lipinski definition) is 5. The summed E-state index contributed by atoms with van der Waals surface area (Å²) >= 11 is 0. The van der Waals surface area contributed by atoms with Gasteiger partial charge in [0.15, 0.2) is 0 Å². The number of aliphatic hydroxyl groups excluding tert-OH is 1. The summed E-state index contributed by atoms with van der Waals surface area (Å²) in [7, 11) is 1.93. The third kappa shape index (κ3) is 4.13. The molecule has 2 aliphatic rings. The van der Waals surface area contributed by atoms with Gasteiger partial charge in [0.1, 0.15) is 0 Å². The van der Waals surface area contributed by atoms with Crippen molar-refractivity contribution >= 4 is 0 Å². The summed E-state index contributed by atoms with van der Waals surface area (Å²) in [6, 6.07) is 0.707. The zero-order valence-electron chi connectivity index (χ0n) is 12.4. The highest BCUT2D eigenvalue weighted by Crippen LogP contribution is 2.18. The number of likely N-dealkylation sites (N-methyl/N-ethyl adjacent to an activating group) is 1. The molecule has 2 unspecified atom stereocenters. The van der Waals surface area contributed by atoms with Crippen LogP contribution in [0.15, 0.2) is 0 Å². The topological polar surface area (TPSA) is 48.0 Å². The number of ether oxygens (including phenoxy) is 1. The molecule has 5 nitrogen and oxygen atoms in total. The van der Waals surface area contributed by atoms with Gasteiger partial charge in [-0.1, -0.05) is 0 Å². The third-order valence-corrected chi connectivity index (χ3v) is 4.74. The standard InChI is InChI=1S/C14H29N3O2/c1-14(12-18,15-2)4-6-16-5-3-13(11-16)17-7-9-19-10-8-17/h13,15,18H,3-12H2,1-2H3. The first-order valence-corrected chi connectivity index (χ1v) is 7.51. The molecule has 2 saturated heterocycles. The van der Waals surface area contributed by atoms with Gasteiger partial charge in [-0.25, -0.2) is 0 Å². The largest absolute Gasteiger partial charge is 0.394 e. The second-order valence-corrected chi connectivity index (χ2v) is 6.11. The van der Waals surface area contributed by atoms with Gasteiger partial charge in [-0.15, -0.1) is 0 Å². The lowest BCUT2D eigenvalue weighted by atomic mass is 9.99. The maximum atomic E-state index is 9.41. The van der Waals surface area contributed by atoms with E-state index >= 15 is 0 Å². The van der Waals surface area contributed by atoms with Crippen molar-refractivity contribution in [3.8, 4) is 0 Å². The first-order chi connectivity index (χ1) is 9.17. The summed E-state index contributed by atoms with van der Waals surface area (Å²) in [4.78, 5) is 5.11. The van der Waals surface area contributed by atoms with Crippen LogP contribution in [0.1, 0.15) is 19.8 Å². The van der Waals surface area contributed by atoms with Crippen molar-refractivity contribution in [3.05, 3.63) is 0 Å². The average Bonchev–Trinajstić information content (AvgIpc) is 2.95. The van der Waals surface area contributed by atoms with Crippen molar-refractivity contribution < 1.29 is 9.84 Å². The number of morpholine rings is 1. The van der Waals surface area contributed by atoms with Gasteiger partial charge in [0.05, 0.1) is 19.8 Å². The minimum absolute atomic E-state index is 0.142. The van der Waals surface area contributed by atoms with E-state index in [2.05, 4.69) is 22.0 Å². The number of likely N-dealkylation sites (tertiary alicyclic amines) is 1. The molecule has 5 heteroatoms. The van der Waals surface area contributed by atoms with Gasteiger partial charge in [0.2, 0.25) is 0 Å². The van der Waals surface area contributed by atoms with Gasteiger partial charge in [-0.2, -0.15) is 0 Å². The van der Waals surface area contributed by atoms with E-state index in [1.54, 1.807) is 0 Å². The normalized spacial score (nSPS) is 29.5. The highest BCUT2D eigenvalue weighted by molar-refractivity contribution is 4.87. The van der Waals surface area contributed by atoms with Crippen LogP contribution in [0.2, 0.25) is 0 Å². The lowest BCUT2D eigenvalue weighted by Crippen LogP contribution is -2.47. The molecule has 0 amide bonds. The van der Waals surface area contributed by atoms with Crippen LogP contribution in [0.4, 0.5) is 0 Å². The molecule has 0 spiro atoms. The molecule has 0 saturated carbocycles. The van der Waals surface area contributed by atoms with Crippen LogP contribution in [0.5, 0.6) is 0 Å². The minimum atomic E-state index is -0.142. The molecule has 2 heterocycles. The fraction of sp³-hybridized carbons (Fsp3) is 1.00. The molecule has 2 rings (SSSR count). The number of hydrogen-bond donors (Lipinski definition) is 2. The van der Waals surface area contributed by atoms with Crippen molar-refractivity contribution in [3.63, 3.8) is 0 Å². The van der Waals surface area contributed by atoms with Crippen LogP contribution in [0, 0.1) is 0 Å². The van der Waals surface area contributed by atoms with Gasteiger partial charge in [0.25, 0.3) is 0 Å². The molecule has 0 aliphatic carbocycles. The van der Waals surface area contributed by atoms with E-state index in [4.69, 9.17) is 4.74 Å². The minimum Gasteiger partial charge on any atom is -0.394 e. The molecule has 2 fully saturated rings. The maximum absolute atomic E-state index is 9.41. The highest BCUT2D eigenvalue weighted by Gasteiger charge is 2.30. The number of nitrogens with one attached hydrogen (secondary N) is 1. The zero-order valence-corrected chi connectivity index (χ0v) is 12.4. The Hall–Kier alpha value is -0.200. The lowest BCUT2D eigenvalue weighted by Gasteiger charge is -2.33. The summed E-state index contributed by atoms with van der Waals surface area (Å²) < 4.78 is 5.42. The van der Waals surface area contributed by atoms with Crippen molar-refractivity contribution in [2.45, 2.75) is 31.3 Å². The first kappa shape index (κ1) is 15.2. The second kappa shape index (κ2) is 6.99. The van der Waals surface area contributed by atoms with Gasteiger partial charge in [0, 0.05) is 37.8 Å². The average molecular weight is 271 g/mol. The Balaban J connectivity index is 1.72.